The van der Waals surface area contributed by atoms with Gasteiger partial charge in [-0.05, 0) is 0 Å². The molecular formula is C7H14ClNO2. The van der Waals surface area contributed by atoms with E-state index in [1.54, 1.807) is 0 Å². The number of carbonyl (C=O) groups excluding carboxylic acids is 1. The molecule has 0 saturated carbocycles. The lowest BCUT2D eigenvalue weighted by molar-refractivity contribution is -0.141. The number of esters is 1. The van der Waals surface area contributed by atoms with E-state index in [0.717, 1.165) is 0 Å². The van der Waals surface area contributed by atoms with Crippen molar-refractivity contribution in [1.29, 1.82) is 0 Å². The summed E-state index contributed by atoms with van der Waals surface area (Å²) in [5.41, 5.74) is 5.33. The van der Waals surface area contributed by atoms with E-state index < -0.39 is 0 Å². The minimum Gasteiger partial charge on any atom is -0.460 e. The number of carbonyl (C=O) groups is 1. The Balaban J connectivity index is 0.000001000. The van der Waals surface area contributed by atoms with Crippen molar-refractivity contribution >= 4 is 18.4 Å². The van der Waals surface area contributed by atoms with E-state index in [2.05, 4.69) is 0 Å². The van der Waals surface area contributed by atoms with Gasteiger partial charge < -0.3 is 10.5 Å². The van der Waals surface area contributed by atoms with Gasteiger partial charge in [0.05, 0.1) is 6.42 Å². The van der Waals surface area contributed by atoms with Crippen molar-refractivity contribution in [3.8, 4) is 0 Å². The fourth-order valence-electron chi connectivity index (χ4n) is 1.21. The summed E-state index contributed by atoms with van der Waals surface area (Å²) in [5.74, 6) is -0.125. The molecule has 11 heavy (non-hydrogen) atoms. The lowest BCUT2D eigenvalue weighted by atomic mass is 9.86. The van der Waals surface area contributed by atoms with E-state index in [4.69, 9.17) is 10.5 Å². The van der Waals surface area contributed by atoms with Gasteiger partial charge in [0.2, 0.25) is 0 Å². The summed E-state index contributed by atoms with van der Waals surface area (Å²) in [7, 11) is 0. The van der Waals surface area contributed by atoms with E-state index in [1.165, 1.54) is 0 Å². The molecule has 0 aromatic rings. The molecule has 2 N–H and O–H groups in total. The van der Waals surface area contributed by atoms with E-state index in [1.807, 2.05) is 13.8 Å². The monoisotopic (exact) mass is 179 g/mol. The van der Waals surface area contributed by atoms with Crippen LogP contribution in [-0.2, 0) is 9.53 Å². The summed E-state index contributed by atoms with van der Waals surface area (Å²) in [5, 5.41) is 0. The first-order valence-electron chi connectivity index (χ1n) is 3.46. The summed E-state index contributed by atoms with van der Waals surface area (Å²) in [6.07, 6.45) is 0.412. The Morgan fingerprint density at radius 2 is 2.27 bits per heavy atom. The van der Waals surface area contributed by atoms with Gasteiger partial charge in [0, 0.05) is 12.0 Å². The van der Waals surface area contributed by atoms with E-state index in [-0.39, 0.29) is 29.9 Å². The number of hydrogen-bond acceptors (Lipinski definition) is 3. The molecule has 1 rings (SSSR count). The molecule has 1 atom stereocenters. The van der Waals surface area contributed by atoms with Crippen LogP contribution in [-0.4, -0.2) is 18.6 Å². The second kappa shape index (κ2) is 3.41. The average Bonchev–Trinajstić information content (AvgIpc) is 2.04. The van der Waals surface area contributed by atoms with Crippen LogP contribution in [0.25, 0.3) is 0 Å². The zero-order valence-electron chi connectivity index (χ0n) is 6.79. The highest BCUT2D eigenvalue weighted by Crippen LogP contribution is 2.33. The van der Waals surface area contributed by atoms with Gasteiger partial charge >= 0.3 is 5.97 Å². The summed E-state index contributed by atoms with van der Waals surface area (Å²) < 4.78 is 4.96. The maximum atomic E-state index is 10.8. The van der Waals surface area contributed by atoms with Crippen molar-refractivity contribution in [3.63, 3.8) is 0 Å². The van der Waals surface area contributed by atoms with Gasteiger partial charge in [-0.1, -0.05) is 13.8 Å². The number of halogens is 1. The minimum absolute atomic E-state index is 0. The third-order valence-electron chi connectivity index (χ3n) is 1.96. The standard InChI is InChI=1S/C7H13NO2.ClH/c1-7(2)3-6(9)10-5(7)4-8;/h5H,3-4,8H2,1-2H3;1H. The van der Waals surface area contributed by atoms with Crippen molar-refractivity contribution in [1.82, 2.24) is 0 Å². The Morgan fingerprint density at radius 1 is 1.73 bits per heavy atom. The van der Waals surface area contributed by atoms with Gasteiger partial charge in [-0.15, -0.1) is 12.4 Å². The lowest BCUT2D eigenvalue weighted by Gasteiger charge is -2.21. The molecule has 1 saturated heterocycles. The average molecular weight is 180 g/mol. The van der Waals surface area contributed by atoms with E-state index in [9.17, 15) is 4.79 Å². The second-order valence-corrected chi connectivity index (χ2v) is 3.38. The van der Waals surface area contributed by atoms with Crippen molar-refractivity contribution in [3.05, 3.63) is 0 Å². The second-order valence-electron chi connectivity index (χ2n) is 3.38. The van der Waals surface area contributed by atoms with Crippen LogP contribution in [0, 0.1) is 5.41 Å². The highest BCUT2D eigenvalue weighted by atomic mass is 35.5. The van der Waals surface area contributed by atoms with Crippen LogP contribution in [0.4, 0.5) is 0 Å². The summed E-state index contributed by atoms with van der Waals surface area (Å²) in [4.78, 5) is 10.8. The molecule has 0 spiro atoms. The SMILES string of the molecule is CC1(C)CC(=O)OC1CN.Cl. The first kappa shape index (κ1) is 10.7. The molecular weight excluding hydrogens is 166 g/mol. The fourth-order valence-corrected chi connectivity index (χ4v) is 1.21. The third-order valence-corrected chi connectivity index (χ3v) is 1.96. The van der Waals surface area contributed by atoms with Crippen LogP contribution < -0.4 is 5.73 Å². The Bertz CT molecular complexity index is 159. The topological polar surface area (TPSA) is 52.3 Å². The quantitative estimate of drug-likeness (QED) is 0.604. The molecule has 4 heteroatoms. The van der Waals surface area contributed by atoms with Gasteiger partial charge in [0.1, 0.15) is 6.10 Å². The minimum atomic E-state index is -0.125. The molecule has 1 aliphatic heterocycles. The highest BCUT2D eigenvalue weighted by molar-refractivity contribution is 5.85. The molecule has 0 radical (unpaired) electrons. The van der Waals surface area contributed by atoms with Crippen molar-refractivity contribution in [2.45, 2.75) is 26.4 Å². The number of nitrogens with two attached hydrogens (primary N) is 1. The zero-order chi connectivity index (χ0) is 7.78. The molecule has 1 aliphatic rings. The molecule has 0 amide bonds. The van der Waals surface area contributed by atoms with Crippen molar-refractivity contribution in [2.24, 2.45) is 11.1 Å². The Morgan fingerprint density at radius 3 is 2.45 bits per heavy atom. The van der Waals surface area contributed by atoms with Crippen molar-refractivity contribution < 1.29 is 9.53 Å². The molecule has 0 aliphatic carbocycles. The van der Waals surface area contributed by atoms with Crippen LogP contribution in [0.15, 0.2) is 0 Å². The van der Waals surface area contributed by atoms with Crippen molar-refractivity contribution in [2.75, 3.05) is 6.54 Å². The predicted molar refractivity (Wildman–Crippen MR) is 44.6 cm³/mol. The first-order valence-corrected chi connectivity index (χ1v) is 3.46. The Kier molecular flexibility index (Phi) is 3.32. The number of ether oxygens (including phenoxy) is 1. The molecule has 1 heterocycles. The predicted octanol–water partition coefficient (Wildman–Crippen LogP) is 0.709. The maximum Gasteiger partial charge on any atom is 0.306 e. The summed E-state index contributed by atoms with van der Waals surface area (Å²) >= 11 is 0. The number of hydrogen-bond donors (Lipinski definition) is 1. The molecule has 1 unspecified atom stereocenters. The molecule has 0 aromatic carbocycles. The highest BCUT2D eigenvalue weighted by Gasteiger charge is 2.40. The van der Waals surface area contributed by atoms with Crippen LogP contribution in [0.3, 0.4) is 0 Å². The molecule has 66 valence electrons. The third kappa shape index (κ3) is 2.07. The molecule has 1 fully saturated rings. The van der Waals surface area contributed by atoms with Crippen LogP contribution in [0.5, 0.6) is 0 Å². The van der Waals surface area contributed by atoms with Gasteiger partial charge in [-0.2, -0.15) is 0 Å². The van der Waals surface area contributed by atoms with Gasteiger partial charge in [0.25, 0.3) is 0 Å². The molecule has 0 aromatic heterocycles. The smallest absolute Gasteiger partial charge is 0.306 e. The van der Waals surface area contributed by atoms with Crippen LogP contribution >= 0.6 is 12.4 Å². The number of cyclic esters (lactones) is 1. The van der Waals surface area contributed by atoms with Gasteiger partial charge in [0.15, 0.2) is 0 Å². The Labute approximate surface area is 72.7 Å². The molecule has 0 bridgehead atoms. The fraction of sp³-hybridized carbons (Fsp3) is 0.857. The first-order chi connectivity index (χ1) is 4.56. The maximum absolute atomic E-state index is 10.8. The van der Waals surface area contributed by atoms with Crippen LogP contribution in [0.1, 0.15) is 20.3 Å². The Hall–Kier alpha value is -0.280. The van der Waals surface area contributed by atoms with Gasteiger partial charge in [-0.25, -0.2) is 0 Å². The van der Waals surface area contributed by atoms with Crippen LogP contribution in [0.2, 0.25) is 0 Å². The lowest BCUT2D eigenvalue weighted by Crippen LogP contribution is -2.31. The summed E-state index contributed by atoms with van der Waals surface area (Å²) in [6.45, 7) is 4.42. The van der Waals surface area contributed by atoms with E-state index in [0.29, 0.717) is 13.0 Å². The van der Waals surface area contributed by atoms with Gasteiger partial charge in [-0.3, -0.25) is 4.79 Å². The normalized spacial score (nSPS) is 27.5. The summed E-state index contributed by atoms with van der Waals surface area (Å²) in [6, 6.07) is 0. The van der Waals surface area contributed by atoms with E-state index >= 15 is 0 Å². The zero-order valence-corrected chi connectivity index (χ0v) is 7.61. The number of rotatable bonds is 1. The molecule has 3 nitrogen and oxygen atoms in total. The largest absolute Gasteiger partial charge is 0.460 e.